The van der Waals surface area contributed by atoms with E-state index in [1.54, 1.807) is 0 Å². The summed E-state index contributed by atoms with van der Waals surface area (Å²) in [5.41, 5.74) is 6.23. The topological polar surface area (TPSA) is 38.5 Å². The normalized spacial score (nSPS) is 38.0. The van der Waals surface area contributed by atoms with Gasteiger partial charge in [0.15, 0.2) is 0 Å². The maximum absolute atomic E-state index is 6.29. The fraction of sp³-hybridized carbons (Fsp3) is 1.00. The third kappa shape index (κ3) is 2.71. The van der Waals surface area contributed by atoms with Gasteiger partial charge in [0.25, 0.3) is 0 Å². The van der Waals surface area contributed by atoms with Crippen LogP contribution in [-0.2, 0) is 4.74 Å². The van der Waals surface area contributed by atoms with Crippen LogP contribution < -0.4 is 5.73 Å². The van der Waals surface area contributed by atoms with E-state index >= 15 is 0 Å². The molecule has 0 aromatic carbocycles. The molecule has 0 aliphatic carbocycles. The van der Waals surface area contributed by atoms with Gasteiger partial charge in [-0.05, 0) is 31.2 Å². The van der Waals surface area contributed by atoms with Gasteiger partial charge in [-0.1, -0.05) is 13.8 Å². The second-order valence-corrected chi connectivity index (χ2v) is 5.69. The van der Waals surface area contributed by atoms with Gasteiger partial charge in [-0.3, -0.25) is 0 Å². The Hall–Kier alpha value is -0.120. The molecule has 2 aliphatic heterocycles. The predicted molar refractivity (Wildman–Crippen MR) is 61.7 cm³/mol. The molecule has 2 unspecified atom stereocenters. The van der Waals surface area contributed by atoms with Gasteiger partial charge < -0.3 is 15.4 Å². The Labute approximate surface area is 93.0 Å². The molecule has 0 saturated carbocycles. The summed E-state index contributed by atoms with van der Waals surface area (Å²) in [5, 5.41) is 0. The predicted octanol–water partition coefficient (Wildman–Crippen LogP) is 1.08. The first kappa shape index (κ1) is 11.4. The quantitative estimate of drug-likeness (QED) is 0.761. The molecule has 0 radical (unpaired) electrons. The van der Waals surface area contributed by atoms with Crippen molar-refractivity contribution in [2.45, 2.75) is 32.2 Å². The number of nitrogens with two attached hydrogens (primary N) is 1. The van der Waals surface area contributed by atoms with Crippen molar-refractivity contribution in [3.8, 4) is 0 Å². The van der Waals surface area contributed by atoms with Crippen molar-refractivity contribution in [2.24, 2.45) is 17.6 Å². The van der Waals surface area contributed by atoms with Gasteiger partial charge in [0, 0.05) is 19.7 Å². The molecule has 2 rings (SSSR count). The largest absolute Gasteiger partial charge is 0.379 e. The zero-order chi connectivity index (χ0) is 10.9. The molecule has 15 heavy (non-hydrogen) atoms. The minimum atomic E-state index is -0.0636. The molecule has 2 heterocycles. The number of hydrogen-bond donors (Lipinski definition) is 1. The number of likely N-dealkylation sites (tertiary alicyclic amines) is 1. The molecule has 0 amide bonds. The minimum Gasteiger partial charge on any atom is -0.379 e. The Balaban J connectivity index is 1.81. The second-order valence-electron chi connectivity index (χ2n) is 5.69. The fourth-order valence-corrected chi connectivity index (χ4v) is 2.74. The summed E-state index contributed by atoms with van der Waals surface area (Å²) in [4.78, 5) is 2.53. The lowest BCUT2D eigenvalue weighted by Crippen LogP contribution is -2.50. The summed E-state index contributed by atoms with van der Waals surface area (Å²) >= 11 is 0. The molecule has 3 nitrogen and oxygen atoms in total. The molecule has 0 aromatic heterocycles. The zero-order valence-electron chi connectivity index (χ0n) is 10.0. The summed E-state index contributed by atoms with van der Waals surface area (Å²) in [5.74, 6) is 1.68. The van der Waals surface area contributed by atoms with E-state index in [9.17, 15) is 0 Å². The maximum atomic E-state index is 6.29. The highest BCUT2D eigenvalue weighted by atomic mass is 16.5. The number of ether oxygens (including phenoxy) is 1. The van der Waals surface area contributed by atoms with Crippen LogP contribution in [0.25, 0.3) is 0 Å². The molecular formula is C12H24N2O. The van der Waals surface area contributed by atoms with E-state index in [0.717, 1.165) is 38.0 Å². The van der Waals surface area contributed by atoms with E-state index in [1.807, 2.05) is 0 Å². The Morgan fingerprint density at radius 2 is 2.33 bits per heavy atom. The average molecular weight is 212 g/mol. The lowest BCUT2D eigenvalue weighted by molar-refractivity contribution is 0.159. The van der Waals surface area contributed by atoms with Gasteiger partial charge in [-0.2, -0.15) is 0 Å². The highest BCUT2D eigenvalue weighted by molar-refractivity contribution is 4.93. The summed E-state index contributed by atoms with van der Waals surface area (Å²) in [6.07, 6.45) is 2.37. The van der Waals surface area contributed by atoms with E-state index in [2.05, 4.69) is 18.7 Å². The number of rotatable bonds is 3. The molecule has 0 bridgehead atoms. The van der Waals surface area contributed by atoms with Gasteiger partial charge >= 0.3 is 0 Å². The molecule has 0 spiro atoms. The van der Waals surface area contributed by atoms with E-state index in [4.69, 9.17) is 10.5 Å². The van der Waals surface area contributed by atoms with Crippen LogP contribution in [0.1, 0.15) is 26.7 Å². The van der Waals surface area contributed by atoms with Crippen molar-refractivity contribution in [2.75, 3.05) is 32.8 Å². The van der Waals surface area contributed by atoms with Crippen molar-refractivity contribution < 1.29 is 4.74 Å². The van der Waals surface area contributed by atoms with Gasteiger partial charge in [-0.25, -0.2) is 0 Å². The van der Waals surface area contributed by atoms with Crippen LogP contribution in [0.5, 0.6) is 0 Å². The van der Waals surface area contributed by atoms with Crippen LogP contribution in [0.3, 0.4) is 0 Å². The maximum Gasteiger partial charge on any atom is 0.0659 e. The standard InChI is InChI=1S/C12H24N2O/c1-10(2)11-3-5-14(7-11)8-12(13)4-6-15-9-12/h10-11H,3-9,13H2,1-2H3. The highest BCUT2D eigenvalue weighted by Gasteiger charge is 2.35. The summed E-state index contributed by atoms with van der Waals surface area (Å²) < 4.78 is 5.39. The molecule has 2 saturated heterocycles. The first-order valence-corrected chi connectivity index (χ1v) is 6.18. The Morgan fingerprint density at radius 3 is 2.87 bits per heavy atom. The molecular weight excluding hydrogens is 188 g/mol. The Morgan fingerprint density at radius 1 is 1.53 bits per heavy atom. The molecule has 88 valence electrons. The van der Waals surface area contributed by atoms with E-state index in [1.165, 1.54) is 19.5 Å². The van der Waals surface area contributed by atoms with Gasteiger partial charge in [0.05, 0.1) is 12.1 Å². The Bertz CT molecular complexity index is 212. The van der Waals surface area contributed by atoms with E-state index in [-0.39, 0.29) is 5.54 Å². The van der Waals surface area contributed by atoms with Crippen molar-refractivity contribution >= 4 is 0 Å². The molecule has 2 atom stereocenters. The summed E-state index contributed by atoms with van der Waals surface area (Å²) in [7, 11) is 0. The monoisotopic (exact) mass is 212 g/mol. The summed E-state index contributed by atoms with van der Waals surface area (Å²) in [6.45, 7) is 9.72. The fourth-order valence-electron chi connectivity index (χ4n) is 2.74. The third-order valence-electron chi connectivity index (χ3n) is 3.92. The molecule has 2 fully saturated rings. The van der Waals surface area contributed by atoms with E-state index in [0.29, 0.717) is 0 Å². The Kier molecular flexibility index (Phi) is 3.33. The van der Waals surface area contributed by atoms with Crippen LogP contribution in [0.15, 0.2) is 0 Å². The van der Waals surface area contributed by atoms with Gasteiger partial charge in [0.2, 0.25) is 0 Å². The van der Waals surface area contributed by atoms with Crippen LogP contribution in [0.4, 0.5) is 0 Å². The lowest BCUT2D eigenvalue weighted by Gasteiger charge is -2.28. The lowest BCUT2D eigenvalue weighted by atomic mass is 9.95. The third-order valence-corrected chi connectivity index (χ3v) is 3.92. The highest BCUT2D eigenvalue weighted by Crippen LogP contribution is 2.26. The number of nitrogens with zero attached hydrogens (tertiary/aromatic N) is 1. The first-order valence-electron chi connectivity index (χ1n) is 6.18. The van der Waals surface area contributed by atoms with Crippen molar-refractivity contribution in [1.82, 2.24) is 4.90 Å². The smallest absolute Gasteiger partial charge is 0.0659 e. The SMILES string of the molecule is CC(C)C1CCN(CC2(N)CCOC2)C1. The minimum absolute atomic E-state index is 0.0636. The van der Waals surface area contributed by atoms with Crippen LogP contribution in [-0.4, -0.2) is 43.3 Å². The zero-order valence-corrected chi connectivity index (χ0v) is 10.0. The average Bonchev–Trinajstić information content (AvgIpc) is 2.75. The van der Waals surface area contributed by atoms with E-state index < -0.39 is 0 Å². The van der Waals surface area contributed by atoms with Crippen molar-refractivity contribution in [3.63, 3.8) is 0 Å². The van der Waals surface area contributed by atoms with Gasteiger partial charge in [-0.15, -0.1) is 0 Å². The summed E-state index contributed by atoms with van der Waals surface area (Å²) in [6, 6.07) is 0. The van der Waals surface area contributed by atoms with Crippen molar-refractivity contribution in [1.29, 1.82) is 0 Å². The molecule has 2 N–H and O–H groups in total. The first-order chi connectivity index (χ1) is 7.09. The van der Waals surface area contributed by atoms with Crippen LogP contribution in [0.2, 0.25) is 0 Å². The molecule has 2 aliphatic rings. The molecule has 3 heteroatoms. The van der Waals surface area contributed by atoms with Crippen LogP contribution >= 0.6 is 0 Å². The van der Waals surface area contributed by atoms with Crippen LogP contribution in [0, 0.1) is 11.8 Å². The number of hydrogen-bond acceptors (Lipinski definition) is 3. The van der Waals surface area contributed by atoms with Crippen molar-refractivity contribution in [3.05, 3.63) is 0 Å². The molecule has 0 aromatic rings. The second kappa shape index (κ2) is 4.40. The van der Waals surface area contributed by atoms with Gasteiger partial charge in [0.1, 0.15) is 0 Å².